The molecule has 0 aliphatic carbocycles. The number of methoxy groups -OCH3 is 2. The van der Waals surface area contributed by atoms with Crippen LogP contribution in [0, 0.1) is 5.82 Å². The molecule has 4 aromatic rings. The second-order valence-electron chi connectivity index (χ2n) is 7.92. The van der Waals surface area contributed by atoms with Crippen molar-refractivity contribution in [1.82, 2.24) is 9.78 Å². The zero-order valence-electron chi connectivity index (χ0n) is 20.9. The minimum atomic E-state index is -0.758. The Morgan fingerprint density at radius 1 is 0.921 bits per heavy atom. The van der Waals surface area contributed by atoms with Crippen molar-refractivity contribution in [2.75, 3.05) is 20.8 Å². The number of rotatable bonds is 9. The molecule has 196 valence electrons. The summed E-state index contributed by atoms with van der Waals surface area (Å²) < 4.78 is 36.4. The Morgan fingerprint density at radius 3 is 2.32 bits per heavy atom. The van der Waals surface area contributed by atoms with Crippen molar-refractivity contribution in [3.8, 4) is 28.4 Å². The summed E-state index contributed by atoms with van der Waals surface area (Å²) in [4.78, 5) is 25.7. The molecule has 0 saturated heterocycles. The minimum Gasteiger partial charge on any atom is -0.490 e. The molecule has 0 bridgehead atoms. The molecule has 3 aromatic carbocycles. The first-order chi connectivity index (χ1) is 18.4. The van der Waals surface area contributed by atoms with Crippen LogP contribution in [0.3, 0.4) is 0 Å². The number of carbonyl (C=O) groups is 2. The SMILES string of the molecule is CCOc1cc(-c2nn(-c3ccccc3)c(C(=O)OC)c2C(=O)OC)ccc1OCc1ccc(F)cc1Cl. The Balaban J connectivity index is 1.81. The van der Waals surface area contributed by atoms with Gasteiger partial charge in [-0.25, -0.2) is 18.7 Å². The summed E-state index contributed by atoms with van der Waals surface area (Å²) in [5, 5.41) is 4.84. The molecule has 38 heavy (non-hydrogen) atoms. The van der Waals surface area contributed by atoms with E-state index in [1.807, 2.05) is 13.0 Å². The minimum absolute atomic E-state index is 0.0580. The molecule has 1 heterocycles. The van der Waals surface area contributed by atoms with Gasteiger partial charge in [-0.1, -0.05) is 35.9 Å². The number of esters is 2. The monoisotopic (exact) mass is 538 g/mol. The van der Waals surface area contributed by atoms with Crippen LogP contribution in [0.1, 0.15) is 33.3 Å². The largest absolute Gasteiger partial charge is 0.490 e. The first kappa shape index (κ1) is 26.7. The lowest BCUT2D eigenvalue weighted by atomic mass is 10.0. The number of benzene rings is 3. The molecular weight excluding hydrogens is 515 g/mol. The molecule has 0 fully saturated rings. The normalized spacial score (nSPS) is 10.7. The van der Waals surface area contributed by atoms with E-state index in [0.29, 0.717) is 34.9 Å². The van der Waals surface area contributed by atoms with Gasteiger partial charge in [-0.15, -0.1) is 0 Å². The van der Waals surface area contributed by atoms with Crippen LogP contribution < -0.4 is 9.47 Å². The van der Waals surface area contributed by atoms with Crippen LogP contribution in [0.5, 0.6) is 11.5 Å². The third-order valence-electron chi connectivity index (χ3n) is 5.57. The quantitative estimate of drug-likeness (QED) is 0.246. The summed E-state index contributed by atoms with van der Waals surface area (Å²) in [5.74, 6) is -1.19. The lowest BCUT2D eigenvalue weighted by Crippen LogP contribution is -2.15. The number of hydrogen-bond donors (Lipinski definition) is 0. The van der Waals surface area contributed by atoms with Gasteiger partial charge >= 0.3 is 11.9 Å². The van der Waals surface area contributed by atoms with Crippen LogP contribution in [0.25, 0.3) is 16.9 Å². The molecule has 0 saturated carbocycles. The zero-order valence-corrected chi connectivity index (χ0v) is 21.6. The molecule has 4 rings (SSSR count). The van der Waals surface area contributed by atoms with E-state index in [0.717, 1.165) is 0 Å². The van der Waals surface area contributed by atoms with Gasteiger partial charge in [0, 0.05) is 11.1 Å². The Kier molecular flexibility index (Phi) is 8.28. The molecule has 0 N–H and O–H groups in total. The van der Waals surface area contributed by atoms with Crippen LogP contribution in [0.15, 0.2) is 66.7 Å². The third-order valence-corrected chi connectivity index (χ3v) is 5.92. The van der Waals surface area contributed by atoms with Crippen molar-refractivity contribution in [3.63, 3.8) is 0 Å². The van der Waals surface area contributed by atoms with E-state index >= 15 is 0 Å². The van der Waals surface area contributed by atoms with E-state index in [1.54, 1.807) is 48.5 Å². The van der Waals surface area contributed by atoms with Gasteiger partial charge in [0.05, 0.1) is 31.5 Å². The topological polar surface area (TPSA) is 88.9 Å². The first-order valence-corrected chi connectivity index (χ1v) is 11.9. The summed E-state index contributed by atoms with van der Waals surface area (Å²) >= 11 is 6.12. The number of halogens is 2. The van der Waals surface area contributed by atoms with Gasteiger partial charge < -0.3 is 18.9 Å². The maximum absolute atomic E-state index is 13.4. The van der Waals surface area contributed by atoms with Crippen LogP contribution in [-0.4, -0.2) is 42.5 Å². The lowest BCUT2D eigenvalue weighted by molar-refractivity contribution is 0.0549. The molecule has 8 nitrogen and oxygen atoms in total. The summed E-state index contributed by atoms with van der Waals surface area (Å²) in [6.45, 7) is 2.21. The summed E-state index contributed by atoms with van der Waals surface area (Å²) in [5.41, 5.74) is 1.67. The first-order valence-electron chi connectivity index (χ1n) is 11.6. The second kappa shape index (κ2) is 11.8. The Hall–Kier alpha value is -4.37. The molecular formula is C28H24ClFN2O6. The van der Waals surface area contributed by atoms with Crippen molar-refractivity contribution >= 4 is 23.5 Å². The van der Waals surface area contributed by atoms with Gasteiger partial charge in [-0.2, -0.15) is 5.10 Å². The number of aromatic nitrogens is 2. The summed E-state index contributed by atoms with van der Waals surface area (Å²) in [7, 11) is 2.44. The standard InChI is InChI=1S/C28H24ClFN2O6/c1-4-37-23-14-17(11-13-22(23)38-16-18-10-12-19(30)15-21(18)29)25-24(27(33)35-2)26(28(34)36-3)32(31-25)20-8-6-5-7-9-20/h5-15H,4,16H2,1-3H3. The highest BCUT2D eigenvalue weighted by Gasteiger charge is 2.31. The highest BCUT2D eigenvalue weighted by Crippen LogP contribution is 2.36. The van der Waals surface area contributed by atoms with Gasteiger partial charge in [0.2, 0.25) is 0 Å². The molecule has 0 radical (unpaired) electrons. The zero-order chi connectivity index (χ0) is 27.2. The number of carbonyl (C=O) groups excluding carboxylic acids is 2. The van der Waals surface area contributed by atoms with E-state index in [9.17, 15) is 14.0 Å². The van der Waals surface area contributed by atoms with E-state index < -0.39 is 17.8 Å². The van der Waals surface area contributed by atoms with Gasteiger partial charge in [0.25, 0.3) is 0 Å². The van der Waals surface area contributed by atoms with E-state index in [-0.39, 0.29) is 28.6 Å². The maximum Gasteiger partial charge on any atom is 0.357 e. The molecule has 0 aliphatic heterocycles. The average Bonchev–Trinajstić information content (AvgIpc) is 3.33. The highest BCUT2D eigenvalue weighted by atomic mass is 35.5. The molecule has 0 atom stereocenters. The number of ether oxygens (including phenoxy) is 4. The average molecular weight is 539 g/mol. The van der Waals surface area contributed by atoms with Crippen molar-refractivity contribution in [2.24, 2.45) is 0 Å². The van der Waals surface area contributed by atoms with Gasteiger partial charge in [0.1, 0.15) is 23.7 Å². The second-order valence-corrected chi connectivity index (χ2v) is 8.33. The highest BCUT2D eigenvalue weighted by molar-refractivity contribution is 6.31. The van der Waals surface area contributed by atoms with Crippen LogP contribution in [-0.2, 0) is 16.1 Å². The summed E-state index contributed by atoms with van der Waals surface area (Å²) in [6, 6.07) is 17.9. The number of para-hydroxylation sites is 1. The van der Waals surface area contributed by atoms with Crippen molar-refractivity contribution in [3.05, 3.63) is 94.4 Å². The van der Waals surface area contributed by atoms with Gasteiger partial charge in [-0.05, 0) is 49.4 Å². The van der Waals surface area contributed by atoms with Crippen molar-refractivity contribution < 1.29 is 32.9 Å². The fourth-order valence-electron chi connectivity index (χ4n) is 3.79. The fourth-order valence-corrected chi connectivity index (χ4v) is 4.02. The van der Waals surface area contributed by atoms with Crippen molar-refractivity contribution in [1.29, 1.82) is 0 Å². The van der Waals surface area contributed by atoms with Crippen molar-refractivity contribution in [2.45, 2.75) is 13.5 Å². The molecule has 0 amide bonds. The van der Waals surface area contributed by atoms with Crippen LogP contribution >= 0.6 is 11.6 Å². The van der Waals surface area contributed by atoms with Gasteiger partial charge in [0.15, 0.2) is 17.2 Å². The Bertz CT molecular complexity index is 1470. The summed E-state index contributed by atoms with van der Waals surface area (Å²) in [6.07, 6.45) is 0. The van der Waals surface area contributed by atoms with E-state index in [2.05, 4.69) is 5.10 Å². The van der Waals surface area contributed by atoms with Crippen LogP contribution in [0.2, 0.25) is 5.02 Å². The predicted octanol–water partition coefficient (Wildman–Crippen LogP) is 5.88. The Morgan fingerprint density at radius 2 is 1.66 bits per heavy atom. The number of hydrogen-bond acceptors (Lipinski definition) is 7. The fraction of sp³-hybridized carbons (Fsp3) is 0.179. The van der Waals surface area contributed by atoms with E-state index in [1.165, 1.54) is 31.0 Å². The Labute approximate surface area is 223 Å². The maximum atomic E-state index is 13.4. The molecule has 1 aromatic heterocycles. The van der Waals surface area contributed by atoms with Crippen LogP contribution in [0.4, 0.5) is 4.39 Å². The lowest BCUT2D eigenvalue weighted by Gasteiger charge is -2.14. The predicted molar refractivity (Wildman–Crippen MR) is 139 cm³/mol. The van der Waals surface area contributed by atoms with Gasteiger partial charge in [-0.3, -0.25) is 0 Å². The molecule has 0 unspecified atom stereocenters. The van der Waals surface area contributed by atoms with E-state index in [4.69, 9.17) is 30.5 Å². The third kappa shape index (κ3) is 5.47. The molecule has 0 aliphatic rings. The molecule has 0 spiro atoms. The number of nitrogens with zero attached hydrogens (tertiary/aromatic N) is 2. The molecule has 10 heteroatoms. The smallest absolute Gasteiger partial charge is 0.357 e.